The summed E-state index contributed by atoms with van der Waals surface area (Å²) in [6, 6.07) is 8.90. The monoisotopic (exact) mass is 264 g/mol. The highest BCUT2D eigenvalue weighted by molar-refractivity contribution is 5.23. The molecule has 1 N–H and O–H groups in total. The third-order valence-electron chi connectivity index (χ3n) is 3.36. The van der Waals surface area contributed by atoms with E-state index in [0.29, 0.717) is 6.61 Å². The molecular weight excluding hydrogens is 236 g/mol. The van der Waals surface area contributed by atoms with E-state index in [0.717, 1.165) is 19.3 Å². The molecule has 2 heteroatoms. The van der Waals surface area contributed by atoms with Gasteiger partial charge in [-0.3, -0.25) is 0 Å². The fourth-order valence-electron chi connectivity index (χ4n) is 2.34. The standard InChI is InChI=1S/C17H28O2/c1-4-7-15-8-5-9-16(14-15)10-6-11-17(2,3)19-13-12-18/h5,8-9,14,18H,4,6-7,10-13H2,1-3H3. The molecule has 1 aromatic rings. The molecular formula is C17H28O2. The summed E-state index contributed by atoms with van der Waals surface area (Å²) in [5.74, 6) is 0. The predicted octanol–water partition coefficient (Wildman–Crippen LogP) is 3.75. The Labute approximate surface area is 117 Å². The largest absolute Gasteiger partial charge is 0.394 e. The highest BCUT2D eigenvalue weighted by Crippen LogP contribution is 2.19. The minimum atomic E-state index is -0.135. The van der Waals surface area contributed by atoms with Crippen molar-refractivity contribution in [2.75, 3.05) is 13.2 Å². The number of hydrogen-bond acceptors (Lipinski definition) is 2. The lowest BCUT2D eigenvalue weighted by molar-refractivity contribution is -0.0390. The number of rotatable bonds is 9. The van der Waals surface area contributed by atoms with Crippen molar-refractivity contribution >= 4 is 0 Å². The Kier molecular flexibility index (Phi) is 7.11. The molecule has 108 valence electrons. The quantitative estimate of drug-likeness (QED) is 0.736. The average Bonchev–Trinajstić information content (AvgIpc) is 2.37. The van der Waals surface area contributed by atoms with E-state index in [9.17, 15) is 0 Å². The smallest absolute Gasteiger partial charge is 0.0704 e. The van der Waals surface area contributed by atoms with Crippen LogP contribution in [0.15, 0.2) is 24.3 Å². The van der Waals surface area contributed by atoms with Crippen LogP contribution in [0.2, 0.25) is 0 Å². The number of aliphatic hydroxyl groups excluding tert-OH is 1. The van der Waals surface area contributed by atoms with Crippen molar-refractivity contribution in [3.63, 3.8) is 0 Å². The number of benzene rings is 1. The lowest BCUT2D eigenvalue weighted by atomic mass is 9.97. The first-order valence-corrected chi connectivity index (χ1v) is 7.40. The molecule has 0 fully saturated rings. The van der Waals surface area contributed by atoms with E-state index in [2.05, 4.69) is 45.0 Å². The molecule has 0 aromatic heterocycles. The Morgan fingerprint density at radius 1 is 1.16 bits per heavy atom. The van der Waals surface area contributed by atoms with Crippen molar-refractivity contribution in [1.82, 2.24) is 0 Å². The molecule has 0 heterocycles. The lowest BCUT2D eigenvalue weighted by Gasteiger charge is -2.25. The van der Waals surface area contributed by atoms with E-state index >= 15 is 0 Å². The van der Waals surface area contributed by atoms with Crippen LogP contribution in [0.3, 0.4) is 0 Å². The second-order valence-corrected chi connectivity index (χ2v) is 5.76. The van der Waals surface area contributed by atoms with Gasteiger partial charge in [0.1, 0.15) is 0 Å². The lowest BCUT2D eigenvalue weighted by Crippen LogP contribution is -2.26. The van der Waals surface area contributed by atoms with Gasteiger partial charge in [-0.2, -0.15) is 0 Å². The summed E-state index contributed by atoms with van der Waals surface area (Å²) in [6.07, 6.45) is 5.60. The highest BCUT2D eigenvalue weighted by Gasteiger charge is 2.17. The Morgan fingerprint density at radius 3 is 2.47 bits per heavy atom. The summed E-state index contributed by atoms with van der Waals surface area (Å²) in [5.41, 5.74) is 2.73. The van der Waals surface area contributed by atoms with Crippen LogP contribution in [0, 0.1) is 0 Å². The first kappa shape index (κ1) is 16.2. The zero-order valence-corrected chi connectivity index (χ0v) is 12.6. The Hall–Kier alpha value is -0.860. The summed E-state index contributed by atoms with van der Waals surface area (Å²) < 4.78 is 5.63. The van der Waals surface area contributed by atoms with Crippen LogP contribution in [0.25, 0.3) is 0 Å². The van der Waals surface area contributed by atoms with Crippen LogP contribution in [0.4, 0.5) is 0 Å². The fourth-order valence-corrected chi connectivity index (χ4v) is 2.34. The molecule has 0 spiro atoms. The van der Waals surface area contributed by atoms with Crippen LogP contribution >= 0.6 is 0 Å². The predicted molar refractivity (Wildman–Crippen MR) is 80.5 cm³/mol. The van der Waals surface area contributed by atoms with Gasteiger partial charge in [0, 0.05) is 0 Å². The molecule has 0 bridgehead atoms. The first-order chi connectivity index (χ1) is 9.07. The first-order valence-electron chi connectivity index (χ1n) is 7.40. The average molecular weight is 264 g/mol. The summed E-state index contributed by atoms with van der Waals surface area (Å²) >= 11 is 0. The topological polar surface area (TPSA) is 29.5 Å². The van der Waals surface area contributed by atoms with Crippen molar-refractivity contribution in [1.29, 1.82) is 0 Å². The van der Waals surface area contributed by atoms with E-state index in [1.165, 1.54) is 24.0 Å². The molecule has 0 radical (unpaired) electrons. The fraction of sp³-hybridized carbons (Fsp3) is 0.647. The van der Waals surface area contributed by atoms with Crippen molar-refractivity contribution < 1.29 is 9.84 Å². The van der Waals surface area contributed by atoms with Gasteiger partial charge in [-0.25, -0.2) is 0 Å². The minimum absolute atomic E-state index is 0.0997. The van der Waals surface area contributed by atoms with Gasteiger partial charge in [0.15, 0.2) is 0 Å². The summed E-state index contributed by atoms with van der Waals surface area (Å²) in [6.45, 7) is 6.93. The minimum Gasteiger partial charge on any atom is -0.394 e. The van der Waals surface area contributed by atoms with E-state index in [-0.39, 0.29) is 12.2 Å². The molecule has 0 atom stereocenters. The van der Waals surface area contributed by atoms with Crippen molar-refractivity contribution in [2.24, 2.45) is 0 Å². The van der Waals surface area contributed by atoms with Crippen LogP contribution in [0.1, 0.15) is 51.2 Å². The Balaban J connectivity index is 2.37. The molecule has 1 aromatic carbocycles. The third-order valence-corrected chi connectivity index (χ3v) is 3.36. The maximum absolute atomic E-state index is 8.79. The van der Waals surface area contributed by atoms with Gasteiger partial charge in [0.25, 0.3) is 0 Å². The van der Waals surface area contributed by atoms with Crippen LogP contribution in [0.5, 0.6) is 0 Å². The maximum atomic E-state index is 8.79. The molecule has 0 aliphatic heterocycles. The molecule has 1 rings (SSSR count). The van der Waals surface area contributed by atoms with Gasteiger partial charge in [0.2, 0.25) is 0 Å². The van der Waals surface area contributed by atoms with E-state index in [4.69, 9.17) is 9.84 Å². The highest BCUT2D eigenvalue weighted by atomic mass is 16.5. The Bertz CT molecular complexity index is 358. The van der Waals surface area contributed by atoms with Crippen molar-refractivity contribution in [3.8, 4) is 0 Å². The maximum Gasteiger partial charge on any atom is 0.0704 e. The second-order valence-electron chi connectivity index (χ2n) is 5.76. The summed E-state index contributed by atoms with van der Waals surface area (Å²) in [7, 11) is 0. The SMILES string of the molecule is CCCc1cccc(CCCC(C)(C)OCCO)c1. The van der Waals surface area contributed by atoms with Crippen LogP contribution in [-0.2, 0) is 17.6 Å². The zero-order valence-electron chi connectivity index (χ0n) is 12.6. The normalized spacial score (nSPS) is 11.8. The molecule has 2 nitrogen and oxygen atoms in total. The molecule has 0 aliphatic rings. The van der Waals surface area contributed by atoms with Crippen LogP contribution < -0.4 is 0 Å². The molecule has 19 heavy (non-hydrogen) atoms. The van der Waals surface area contributed by atoms with Gasteiger partial charge in [0.05, 0.1) is 18.8 Å². The van der Waals surface area contributed by atoms with Crippen molar-refractivity contribution in [2.45, 2.75) is 58.5 Å². The third kappa shape index (κ3) is 6.74. The molecule has 0 saturated heterocycles. The number of aryl methyl sites for hydroxylation is 2. The second kappa shape index (κ2) is 8.34. The number of ether oxygens (including phenoxy) is 1. The molecule has 0 aliphatic carbocycles. The molecule has 0 amide bonds. The van der Waals surface area contributed by atoms with E-state index in [1.54, 1.807) is 0 Å². The van der Waals surface area contributed by atoms with Gasteiger partial charge in [-0.1, -0.05) is 37.6 Å². The van der Waals surface area contributed by atoms with E-state index in [1.807, 2.05) is 0 Å². The van der Waals surface area contributed by atoms with Gasteiger partial charge >= 0.3 is 0 Å². The number of hydrogen-bond donors (Lipinski definition) is 1. The van der Waals surface area contributed by atoms with Gasteiger partial charge < -0.3 is 9.84 Å². The Morgan fingerprint density at radius 2 is 1.84 bits per heavy atom. The summed E-state index contributed by atoms with van der Waals surface area (Å²) in [4.78, 5) is 0. The van der Waals surface area contributed by atoms with Crippen molar-refractivity contribution in [3.05, 3.63) is 35.4 Å². The van der Waals surface area contributed by atoms with E-state index < -0.39 is 0 Å². The van der Waals surface area contributed by atoms with Crippen LogP contribution in [-0.4, -0.2) is 23.9 Å². The zero-order chi connectivity index (χ0) is 14.1. The van der Waals surface area contributed by atoms with Gasteiger partial charge in [-0.15, -0.1) is 0 Å². The molecule has 0 unspecified atom stereocenters. The summed E-state index contributed by atoms with van der Waals surface area (Å²) in [5, 5.41) is 8.79. The molecule has 0 saturated carbocycles. The number of aliphatic hydroxyl groups is 1. The van der Waals surface area contributed by atoms with Gasteiger partial charge in [-0.05, 0) is 50.7 Å².